The monoisotopic (exact) mass is 754 g/mol. The van der Waals surface area contributed by atoms with Crippen LogP contribution in [0.4, 0.5) is 34.1 Å². The first kappa shape index (κ1) is 32.3. The van der Waals surface area contributed by atoms with Crippen molar-refractivity contribution in [1.82, 2.24) is 0 Å². The Bertz CT molecular complexity index is 2970. The van der Waals surface area contributed by atoms with Crippen LogP contribution in [-0.4, -0.2) is 0 Å². The molecular weight excluding hydrogens is 717 g/mol. The molecule has 2 aliphatic rings. The average Bonchev–Trinajstić information content (AvgIpc) is 3.80. The molecule has 2 aliphatic heterocycles. The maximum Gasteiger partial charge on any atom is 0.0540 e. The zero-order chi connectivity index (χ0) is 37.5. The van der Waals surface area contributed by atoms with Gasteiger partial charge in [0, 0.05) is 53.1 Å². The third kappa shape index (κ3) is 4.21. The Kier molecular flexibility index (Phi) is 6.53. The summed E-state index contributed by atoms with van der Waals surface area (Å²) in [6.07, 6.45) is 0. The van der Waals surface area contributed by atoms with E-state index in [1.807, 2.05) is 22.7 Å². The summed E-state index contributed by atoms with van der Waals surface area (Å²) in [4.78, 5) is 4.96. The molecule has 0 saturated heterocycles. The molecule has 2 nitrogen and oxygen atoms in total. The molecule has 4 heterocycles. The highest BCUT2D eigenvalue weighted by Crippen LogP contribution is 2.56. The molecule has 0 bridgehead atoms. The molecule has 56 heavy (non-hydrogen) atoms. The summed E-state index contributed by atoms with van der Waals surface area (Å²) in [6.45, 7) is 9.41. The molecule has 0 radical (unpaired) electrons. The third-order valence-electron chi connectivity index (χ3n) is 12.8. The van der Waals surface area contributed by atoms with Crippen LogP contribution in [0.15, 0.2) is 158 Å². The lowest BCUT2D eigenvalue weighted by Gasteiger charge is -2.42. The molecular formula is C52H38N2S2. The zero-order valence-electron chi connectivity index (χ0n) is 31.7. The van der Waals surface area contributed by atoms with Gasteiger partial charge in [-0.05, 0) is 81.6 Å². The highest BCUT2D eigenvalue weighted by molar-refractivity contribution is 7.33. The van der Waals surface area contributed by atoms with Gasteiger partial charge in [0.05, 0.1) is 32.1 Å². The number of rotatable bonds is 2. The van der Waals surface area contributed by atoms with Crippen LogP contribution < -0.4 is 9.80 Å². The van der Waals surface area contributed by atoms with E-state index in [2.05, 4.69) is 195 Å². The van der Waals surface area contributed by atoms with Gasteiger partial charge in [-0.1, -0.05) is 137 Å². The zero-order valence-corrected chi connectivity index (χ0v) is 33.4. The van der Waals surface area contributed by atoms with E-state index in [4.69, 9.17) is 0 Å². The highest BCUT2D eigenvalue weighted by Gasteiger charge is 2.38. The molecule has 10 aromatic rings. The van der Waals surface area contributed by atoms with Gasteiger partial charge in [0.2, 0.25) is 0 Å². The number of hydrogen-bond donors (Lipinski definition) is 0. The van der Waals surface area contributed by atoms with Crippen molar-refractivity contribution in [2.75, 3.05) is 9.80 Å². The lowest BCUT2D eigenvalue weighted by atomic mass is 9.73. The molecule has 0 N–H and O–H groups in total. The topological polar surface area (TPSA) is 6.48 Å². The van der Waals surface area contributed by atoms with Crippen molar-refractivity contribution in [3.05, 3.63) is 180 Å². The summed E-state index contributed by atoms with van der Waals surface area (Å²) < 4.78 is 5.39. The van der Waals surface area contributed by atoms with Crippen LogP contribution in [0.2, 0.25) is 0 Å². The number of thiophene rings is 2. The van der Waals surface area contributed by atoms with Crippen LogP contribution in [0.3, 0.4) is 0 Å². The lowest BCUT2D eigenvalue weighted by molar-refractivity contribution is 0.632. The maximum atomic E-state index is 2.48. The van der Waals surface area contributed by atoms with Gasteiger partial charge in [-0.25, -0.2) is 0 Å². The molecule has 2 aromatic heterocycles. The molecule has 0 atom stereocenters. The second kappa shape index (κ2) is 11.3. The Labute approximate surface area is 334 Å². The molecule has 0 unspecified atom stereocenters. The van der Waals surface area contributed by atoms with Crippen molar-refractivity contribution < 1.29 is 0 Å². The average molecular weight is 755 g/mol. The molecule has 0 amide bonds. The van der Waals surface area contributed by atoms with Crippen LogP contribution >= 0.6 is 22.7 Å². The largest absolute Gasteiger partial charge is 0.310 e. The van der Waals surface area contributed by atoms with Gasteiger partial charge in [-0.15, -0.1) is 22.7 Å². The lowest BCUT2D eigenvalue weighted by Crippen LogP contribution is -2.30. The number of anilines is 6. The van der Waals surface area contributed by atoms with Crippen LogP contribution in [0.25, 0.3) is 51.1 Å². The standard InChI is InChI=1S/C52H38N2S2/c1-51(2)37-17-7-11-21-41(37)53(42-22-12-8-18-38(42)51)31-25-27-35-45(29-31)55-49-47(35)33-15-5-6-16-34(33)48-36-28-26-32(30-46(36)56-50(48)49)54-43-23-13-9-19-39(43)52(3,4)40-20-10-14-24-44(40)54/h5-30H,1-4H3. The molecule has 12 rings (SSSR count). The minimum absolute atomic E-state index is 0.0890. The second-order valence-corrected chi connectivity index (χ2v) is 18.6. The van der Waals surface area contributed by atoms with Gasteiger partial charge in [0.15, 0.2) is 0 Å². The molecule has 0 fully saturated rings. The molecule has 268 valence electrons. The van der Waals surface area contributed by atoms with Crippen molar-refractivity contribution in [3.63, 3.8) is 0 Å². The van der Waals surface area contributed by atoms with E-state index in [0.29, 0.717) is 0 Å². The van der Waals surface area contributed by atoms with Crippen molar-refractivity contribution in [2.45, 2.75) is 38.5 Å². The van der Waals surface area contributed by atoms with Crippen LogP contribution in [0.1, 0.15) is 49.9 Å². The van der Waals surface area contributed by atoms with Crippen LogP contribution in [0.5, 0.6) is 0 Å². The Morgan fingerprint density at radius 2 is 0.679 bits per heavy atom. The van der Waals surface area contributed by atoms with E-state index in [0.717, 1.165) is 0 Å². The van der Waals surface area contributed by atoms with Gasteiger partial charge in [0.1, 0.15) is 0 Å². The molecule has 4 heteroatoms. The van der Waals surface area contributed by atoms with Crippen molar-refractivity contribution >= 4 is 108 Å². The van der Waals surface area contributed by atoms with E-state index in [-0.39, 0.29) is 10.8 Å². The first-order chi connectivity index (χ1) is 27.3. The number of nitrogens with zero attached hydrogens (tertiary/aromatic N) is 2. The third-order valence-corrected chi connectivity index (χ3v) is 15.3. The summed E-state index contributed by atoms with van der Waals surface area (Å²) in [7, 11) is 0. The van der Waals surface area contributed by atoms with Gasteiger partial charge in [-0.3, -0.25) is 0 Å². The summed E-state index contributed by atoms with van der Waals surface area (Å²) in [5.74, 6) is 0. The van der Waals surface area contributed by atoms with E-state index in [1.54, 1.807) is 0 Å². The van der Waals surface area contributed by atoms with E-state index >= 15 is 0 Å². The molecule has 0 aliphatic carbocycles. The minimum atomic E-state index is -0.0890. The smallest absolute Gasteiger partial charge is 0.0540 e. The fourth-order valence-corrected chi connectivity index (χ4v) is 12.8. The van der Waals surface area contributed by atoms with E-state index in [1.165, 1.54) is 107 Å². The Morgan fingerprint density at radius 1 is 0.357 bits per heavy atom. The summed E-state index contributed by atoms with van der Waals surface area (Å²) >= 11 is 3.90. The Hall–Kier alpha value is -5.94. The first-order valence-electron chi connectivity index (χ1n) is 19.5. The van der Waals surface area contributed by atoms with Crippen molar-refractivity contribution in [2.24, 2.45) is 0 Å². The predicted octanol–water partition coefficient (Wildman–Crippen LogP) is 15.8. The predicted molar refractivity (Wildman–Crippen MR) is 243 cm³/mol. The Morgan fingerprint density at radius 3 is 1.04 bits per heavy atom. The number of hydrogen-bond acceptors (Lipinski definition) is 4. The number of benzene rings is 8. The minimum Gasteiger partial charge on any atom is -0.310 e. The number of fused-ring (bicyclic) bond motifs is 14. The van der Waals surface area contributed by atoms with Crippen LogP contribution in [-0.2, 0) is 10.8 Å². The summed E-state index contributed by atoms with van der Waals surface area (Å²) in [5, 5.41) is 8.05. The molecule has 0 saturated carbocycles. The Balaban J connectivity index is 1.08. The van der Waals surface area contributed by atoms with Gasteiger partial charge >= 0.3 is 0 Å². The van der Waals surface area contributed by atoms with E-state index in [9.17, 15) is 0 Å². The van der Waals surface area contributed by atoms with Gasteiger partial charge in [0.25, 0.3) is 0 Å². The number of para-hydroxylation sites is 4. The first-order valence-corrected chi connectivity index (χ1v) is 21.2. The molecule has 8 aromatic carbocycles. The van der Waals surface area contributed by atoms with Crippen LogP contribution in [0, 0.1) is 0 Å². The summed E-state index contributed by atoms with van der Waals surface area (Å²) in [5.41, 5.74) is 12.7. The van der Waals surface area contributed by atoms with E-state index < -0.39 is 0 Å². The van der Waals surface area contributed by atoms with Crippen molar-refractivity contribution in [1.29, 1.82) is 0 Å². The quantitative estimate of drug-likeness (QED) is 0.173. The SMILES string of the molecule is CC1(C)c2ccccc2N(c2ccc3c(c2)sc2c4sc5cc(N6c7ccccc7C(C)(C)c7ccccc76)ccc5c4c4ccccc4c32)c2ccccc21. The second-order valence-electron chi connectivity index (χ2n) is 16.5. The maximum absolute atomic E-state index is 2.48. The van der Waals surface area contributed by atoms with Crippen molar-refractivity contribution in [3.8, 4) is 0 Å². The van der Waals surface area contributed by atoms with Gasteiger partial charge < -0.3 is 9.80 Å². The fourth-order valence-electron chi connectivity index (χ4n) is 10.1. The normalized spacial score (nSPS) is 15.4. The molecule has 0 spiro atoms. The fraction of sp³-hybridized carbons (Fsp3) is 0.115. The highest BCUT2D eigenvalue weighted by atomic mass is 32.1. The summed E-state index contributed by atoms with van der Waals surface area (Å²) in [6, 6.07) is 59.1. The van der Waals surface area contributed by atoms with Gasteiger partial charge in [-0.2, -0.15) is 0 Å².